The number of carboxylic acid groups (broad SMARTS) is 1. The number of ether oxygens (including phenoxy) is 4. The normalized spacial score (nSPS) is 22.4. The molecule has 1 saturated heterocycles. The molecule has 10 heteroatoms. The van der Waals surface area contributed by atoms with Crippen molar-refractivity contribution in [1.82, 2.24) is 0 Å². The number of aliphatic carboxylic acids is 1. The van der Waals surface area contributed by atoms with Gasteiger partial charge in [-0.05, 0) is 32.3 Å². The fourth-order valence-corrected chi connectivity index (χ4v) is 3.11. The molecule has 0 radical (unpaired) electrons. The van der Waals surface area contributed by atoms with E-state index in [1.54, 1.807) is 0 Å². The molecular weight excluding hydrogens is 446 g/mol. The van der Waals surface area contributed by atoms with Gasteiger partial charge in [0.05, 0.1) is 0 Å². The molecule has 10 nitrogen and oxygen atoms in total. The van der Waals surface area contributed by atoms with Crippen LogP contribution in [0.1, 0.15) is 66.2 Å². The number of nitrogens with zero attached hydrogens (tertiary/aromatic N) is 1. The zero-order valence-corrected chi connectivity index (χ0v) is 20.4. The van der Waals surface area contributed by atoms with Gasteiger partial charge in [-0.15, -0.1) is 0 Å². The topological polar surface area (TPSA) is 128 Å². The Morgan fingerprint density at radius 1 is 0.941 bits per heavy atom. The van der Waals surface area contributed by atoms with Crippen molar-refractivity contribution in [3.8, 4) is 0 Å². The van der Waals surface area contributed by atoms with E-state index in [0.717, 1.165) is 0 Å². The third-order valence-electron chi connectivity index (χ3n) is 4.88. The van der Waals surface area contributed by atoms with E-state index in [4.69, 9.17) is 24.1 Å². The van der Waals surface area contributed by atoms with Gasteiger partial charge in [-0.25, -0.2) is 4.79 Å². The van der Waals surface area contributed by atoms with E-state index in [2.05, 4.69) is 6.72 Å². The number of esters is 3. The maximum Gasteiger partial charge on any atom is 0.331 e. The Kier molecular flexibility index (Phi) is 12.8. The molecule has 1 aliphatic rings. The summed E-state index contributed by atoms with van der Waals surface area (Å²) < 4.78 is 23.8. The van der Waals surface area contributed by atoms with Crippen LogP contribution in [0.25, 0.3) is 0 Å². The molecule has 1 N–H and O–H groups in total. The van der Waals surface area contributed by atoms with E-state index in [1.165, 1.54) is 29.9 Å². The van der Waals surface area contributed by atoms with Crippen molar-refractivity contribution in [3.63, 3.8) is 0 Å². The van der Waals surface area contributed by atoms with Crippen molar-refractivity contribution >= 4 is 30.6 Å². The molecule has 190 valence electrons. The lowest BCUT2D eigenvalue weighted by atomic mass is 10.1. The summed E-state index contributed by atoms with van der Waals surface area (Å²) in [5.74, 6) is -2.49. The molecule has 1 aliphatic heterocycles. The van der Waals surface area contributed by atoms with Crippen LogP contribution in [0.4, 0.5) is 0 Å². The van der Waals surface area contributed by atoms with Crippen LogP contribution in [0.2, 0.25) is 0 Å². The summed E-state index contributed by atoms with van der Waals surface area (Å²) in [6.45, 7) is 10.6. The minimum atomic E-state index is -1.07. The van der Waals surface area contributed by atoms with Gasteiger partial charge in [0.1, 0.15) is 19.4 Å². The number of carbonyl (C=O) groups excluding carboxylic acids is 3. The number of allylic oxidation sites excluding steroid dienone is 2. The summed E-state index contributed by atoms with van der Waals surface area (Å²) in [7, 11) is 0. The van der Waals surface area contributed by atoms with Gasteiger partial charge in [-0.3, -0.25) is 14.4 Å². The Balaban J connectivity index is 3.20. The second kappa shape index (κ2) is 15.0. The summed E-state index contributed by atoms with van der Waals surface area (Å²) in [5, 5.41) is 8.99. The summed E-state index contributed by atoms with van der Waals surface area (Å²) >= 11 is 0. The Morgan fingerprint density at radius 3 is 2.00 bits per heavy atom. The molecule has 0 aromatic heterocycles. The largest absolute Gasteiger partial charge is 0.478 e. The average molecular weight is 483 g/mol. The zero-order valence-electron chi connectivity index (χ0n) is 20.4. The van der Waals surface area contributed by atoms with E-state index < -0.39 is 48.4 Å². The highest BCUT2D eigenvalue weighted by atomic mass is 16.7. The van der Waals surface area contributed by atoms with Crippen LogP contribution in [0.3, 0.4) is 0 Å². The fraction of sp³-hybridized carbons (Fsp3) is 0.625. The smallest absolute Gasteiger partial charge is 0.331 e. The maximum absolute atomic E-state index is 12.3. The van der Waals surface area contributed by atoms with Crippen LogP contribution in [0.5, 0.6) is 0 Å². The van der Waals surface area contributed by atoms with Gasteiger partial charge in [0.25, 0.3) is 0 Å². The molecule has 1 fully saturated rings. The molecular formula is C24H36NO9+. The van der Waals surface area contributed by atoms with Gasteiger partial charge in [-0.2, -0.15) is 4.58 Å². The first-order chi connectivity index (χ1) is 16.1. The summed E-state index contributed by atoms with van der Waals surface area (Å²) in [4.78, 5) is 47.5. The van der Waals surface area contributed by atoms with E-state index >= 15 is 0 Å². The third kappa shape index (κ3) is 9.46. The molecule has 0 aromatic carbocycles. The summed E-state index contributed by atoms with van der Waals surface area (Å²) in [5.41, 5.74) is 0.106. The van der Waals surface area contributed by atoms with Crippen LogP contribution < -0.4 is 0 Å². The second-order valence-corrected chi connectivity index (χ2v) is 7.92. The molecule has 0 bridgehead atoms. The molecule has 1 rings (SSSR count). The van der Waals surface area contributed by atoms with E-state index in [9.17, 15) is 19.2 Å². The predicted molar refractivity (Wildman–Crippen MR) is 122 cm³/mol. The molecule has 0 amide bonds. The van der Waals surface area contributed by atoms with Gasteiger partial charge in [-0.1, -0.05) is 20.8 Å². The highest BCUT2D eigenvalue weighted by Crippen LogP contribution is 2.29. The van der Waals surface area contributed by atoms with E-state index in [-0.39, 0.29) is 31.4 Å². The summed E-state index contributed by atoms with van der Waals surface area (Å²) in [6.07, 6.45) is 2.63. The molecule has 0 saturated carbocycles. The Bertz CT molecular complexity index is 802. The number of hydrogen-bond donors (Lipinski definition) is 1. The Morgan fingerprint density at radius 2 is 1.47 bits per heavy atom. The van der Waals surface area contributed by atoms with Crippen LogP contribution >= 0.6 is 0 Å². The molecule has 0 aromatic rings. The minimum Gasteiger partial charge on any atom is -0.478 e. The van der Waals surface area contributed by atoms with Crippen molar-refractivity contribution in [1.29, 1.82) is 0 Å². The van der Waals surface area contributed by atoms with Gasteiger partial charge in [0.15, 0.2) is 12.3 Å². The summed E-state index contributed by atoms with van der Waals surface area (Å²) in [6, 6.07) is 0. The van der Waals surface area contributed by atoms with E-state index in [0.29, 0.717) is 19.3 Å². The molecule has 4 atom stereocenters. The van der Waals surface area contributed by atoms with Crippen molar-refractivity contribution in [2.45, 2.75) is 90.8 Å². The van der Waals surface area contributed by atoms with Gasteiger partial charge >= 0.3 is 30.1 Å². The van der Waals surface area contributed by atoms with Crippen molar-refractivity contribution in [3.05, 3.63) is 23.9 Å². The average Bonchev–Trinajstić information content (AvgIpc) is 3.09. The van der Waals surface area contributed by atoms with Gasteiger partial charge in [0.2, 0.25) is 6.10 Å². The Hall–Kier alpha value is -3.01. The second-order valence-electron chi connectivity index (χ2n) is 7.92. The zero-order chi connectivity index (χ0) is 25.7. The lowest BCUT2D eigenvalue weighted by molar-refractivity contribution is -0.555. The first-order valence-corrected chi connectivity index (χ1v) is 11.5. The number of carboxylic acids is 1. The molecule has 0 unspecified atom stereocenters. The standard InChI is InChI=1S/C24H35NO9/c1-6-10-18(26)31-15-17-21(33-19(27)11-7-2)22(34-20(28)12-8-3)23(32-17)25(5)14-9-13-16(4)24(29)30/h9,13-14,17,21-23H,5-8,10-12,15H2,1-4H3/p+1/b14-9-,16-13+/t17-,21-,22-,23-/m1/s1. The first-order valence-electron chi connectivity index (χ1n) is 11.5. The van der Waals surface area contributed by atoms with Crippen molar-refractivity contribution in [2.75, 3.05) is 6.61 Å². The highest BCUT2D eigenvalue weighted by molar-refractivity contribution is 5.86. The number of rotatable bonds is 14. The van der Waals surface area contributed by atoms with Crippen LogP contribution in [0, 0.1) is 0 Å². The molecule has 0 aliphatic carbocycles. The fourth-order valence-electron chi connectivity index (χ4n) is 3.11. The lowest BCUT2D eigenvalue weighted by Gasteiger charge is -2.22. The predicted octanol–water partition coefficient (Wildman–Crippen LogP) is 2.74. The van der Waals surface area contributed by atoms with Crippen LogP contribution in [0.15, 0.2) is 23.9 Å². The third-order valence-corrected chi connectivity index (χ3v) is 4.88. The highest BCUT2D eigenvalue weighted by Gasteiger charge is 2.54. The lowest BCUT2D eigenvalue weighted by Crippen LogP contribution is -2.43. The van der Waals surface area contributed by atoms with E-state index in [1.807, 2.05) is 20.8 Å². The van der Waals surface area contributed by atoms with Crippen molar-refractivity contribution in [2.24, 2.45) is 0 Å². The molecule has 0 spiro atoms. The first kappa shape index (κ1) is 29.0. The number of hydrogen-bond acceptors (Lipinski definition) is 8. The SMILES string of the molecule is C=[N+](/C=C\C=C(/C)C(=O)O)[C@@H]1O[C@H](COC(=O)CCC)[C@@H](OC(=O)CCC)[C@H]1OC(=O)CCC. The maximum atomic E-state index is 12.3. The van der Waals surface area contributed by atoms with Gasteiger partial charge < -0.3 is 24.1 Å². The van der Waals surface area contributed by atoms with Gasteiger partial charge in [0, 0.05) is 30.9 Å². The minimum absolute atomic E-state index is 0.106. The molecule has 34 heavy (non-hydrogen) atoms. The quantitative estimate of drug-likeness (QED) is 0.0992. The van der Waals surface area contributed by atoms with Crippen LogP contribution in [-0.2, 0) is 38.1 Å². The Labute approximate surface area is 200 Å². The van der Waals surface area contributed by atoms with Crippen molar-refractivity contribution < 1.29 is 47.8 Å². The number of carbonyl (C=O) groups is 4. The monoisotopic (exact) mass is 482 g/mol. The van der Waals surface area contributed by atoms with Crippen LogP contribution in [-0.4, -0.2) is 71.4 Å². The molecule has 1 heterocycles.